The Morgan fingerprint density at radius 3 is 2.44 bits per heavy atom. The van der Waals surface area contributed by atoms with E-state index in [2.05, 4.69) is 0 Å². The second-order valence-electron chi connectivity index (χ2n) is 6.46. The van der Waals surface area contributed by atoms with Gasteiger partial charge < -0.3 is 4.90 Å². The molecule has 0 N–H and O–H groups in total. The van der Waals surface area contributed by atoms with Gasteiger partial charge in [0.25, 0.3) is 0 Å². The van der Waals surface area contributed by atoms with Gasteiger partial charge in [0.2, 0.25) is 0 Å². The topological polar surface area (TPSA) is 57.7 Å². The van der Waals surface area contributed by atoms with Crippen LogP contribution in [0.1, 0.15) is 5.56 Å². The first kappa shape index (κ1) is 16.4. The summed E-state index contributed by atoms with van der Waals surface area (Å²) in [5.74, 6) is 0.0116. The SMILES string of the molecule is O=C1N(Cc2cccc(Cl)c2)C2CS(=O)(=O)CC2N1c1ccccc1. The lowest BCUT2D eigenvalue weighted by molar-refractivity contribution is 0.206. The monoisotopic (exact) mass is 376 g/mol. The van der Waals surface area contributed by atoms with Crippen LogP contribution >= 0.6 is 11.6 Å². The summed E-state index contributed by atoms with van der Waals surface area (Å²) >= 11 is 6.04. The van der Waals surface area contributed by atoms with Crippen LogP contribution in [0.2, 0.25) is 5.02 Å². The van der Waals surface area contributed by atoms with Gasteiger partial charge in [-0.25, -0.2) is 13.2 Å². The highest BCUT2D eigenvalue weighted by atomic mass is 35.5. The molecule has 0 saturated carbocycles. The Hall–Kier alpha value is -2.05. The number of nitrogens with zero attached hydrogens (tertiary/aromatic N) is 2. The summed E-state index contributed by atoms with van der Waals surface area (Å²) in [6, 6.07) is 15.7. The minimum Gasteiger partial charge on any atom is -0.314 e. The third-order valence-electron chi connectivity index (χ3n) is 4.75. The number of hydrogen-bond donors (Lipinski definition) is 0. The van der Waals surface area contributed by atoms with Gasteiger partial charge in [-0.3, -0.25) is 4.90 Å². The molecule has 0 aliphatic carbocycles. The van der Waals surface area contributed by atoms with E-state index >= 15 is 0 Å². The number of fused-ring (bicyclic) bond motifs is 1. The maximum atomic E-state index is 13.0. The summed E-state index contributed by atoms with van der Waals surface area (Å²) in [5.41, 5.74) is 1.62. The first-order valence-corrected chi connectivity index (χ1v) is 10.2. The minimum absolute atomic E-state index is 0.00431. The summed E-state index contributed by atoms with van der Waals surface area (Å²) in [4.78, 5) is 16.3. The molecule has 2 aromatic rings. The Labute approximate surface area is 151 Å². The molecule has 0 aromatic heterocycles. The predicted molar refractivity (Wildman–Crippen MR) is 97.5 cm³/mol. The highest BCUT2D eigenvalue weighted by Gasteiger charge is 2.53. The predicted octanol–water partition coefficient (Wildman–Crippen LogP) is 2.95. The second kappa shape index (κ2) is 6.04. The Morgan fingerprint density at radius 2 is 1.72 bits per heavy atom. The summed E-state index contributed by atoms with van der Waals surface area (Å²) in [6.07, 6.45) is 0. The van der Waals surface area contributed by atoms with Crippen molar-refractivity contribution in [2.45, 2.75) is 18.6 Å². The Morgan fingerprint density at radius 1 is 1.00 bits per heavy atom. The Kier molecular flexibility index (Phi) is 3.96. The van der Waals surface area contributed by atoms with Crippen LogP contribution < -0.4 is 4.90 Å². The molecule has 2 unspecified atom stereocenters. The molecule has 2 aliphatic rings. The van der Waals surface area contributed by atoms with Crippen molar-refractivity contribution in [2.24, 2.45) is 0 Å². The molecule has 0 bridgehead atoms. The maximum Gasteiger partial charge on any atom is 0.325 e. The Bertz CT molecular complexity index is 917. The van der Waals surface area contributed by atoms with Crippen molar-refractivity contribution < 1.29 is 13.2 Å². The standard InChI is InChI=1S/C18H17ClN2O3S/c19-14-6-4-5-13(9-14)10-20-16-11-25(23,24)12-17(16)21(18(20)22)15-7-2-1-3-8-15/h1-9,16-17H,10-12H2. The van der Waals surface area contributed by atoms with Crippen LogP contribution in [0.4, 0.5) is 10.5 Å². The van der Waals surface area contributed by atoms with Gasteiger partial charge in [0.1, 0.15) is 0 Å². The number of anilines is 1. The van der Waals surface area contributed by atoms with Gasteiger partial charge >= 0.3 is 6.03 Å². The molecule has 130 valence electrons. The number of hydrogen-bond acceptors (Lipinski definition) is 3. The van der Waals surface area contributed by atoms with Gasteiger partial charge in [0, 0.05) is 17.3 Å². The quantitative estimate of drug-likeness (QED) is 0.774. The number of halogens is 1. The number of benzene rings is 2. The van der Waals surface area contributed by atoms with Crippen LogP contribution in [0.5, 0.6) is 0 Å². The first-order valence-electron chi connectivity index (χ1n) is 8.04. The lowest BCUT2D eigenvalue weighted by Crippen LogP contribution is -2.37. The van der Waals surface area contributed by atoms with E-state index < -0.39 is 9.84 Å². The minimum atomic E-state index is -3.16. The molecule has 2 amide bonds. The van der Waals surface area contributed by atoms with Crippen molar-refractivity contribution in [3.05, 3.63) is 65.2 Å². The fraction of sp³-hybridized carbons (Fsp3) is 0.278. The molecular weight excluding hydrogens is 360 g/mol. The largest absolute Gasteiger partial charge is 0.325 e. The zero-order valence-corrected chi connectivity index (χ0v) is 14.9. The van der Waals surface area contributed by atoms with Crippen LogP contribution in [-0.2, 0) is 16.4 Å². The lowest BCUT2D eigenvalue weighted by atomic mass is 10.1. The third kappa shape index (κ3) is 3.00. The molecule has 0 radical (unpaired) electrons. The fourth-order valence-electron chi connectivity index (χ4n) is 3.68. The molecule has 7 heteroatoms. The Balaban J connectivity index is 1.71. The third-order valence-corrected chi connectivity index (χ3v) is 6.69. The number of sulfone groups is 1. The van der Waals surface area contributed by atoms with Crippen LogP contribution in [-0.4, -0.2) is 42.9 Å². The van der Waals surface area contributed by atoms with E-state index in [9.17, 15) is 13.2 Å². The van der Waals surface area contributed by atoms with Gasteiger partial charge in [0.05, 0.1) is 23.6 Å². The summed E-state index contributed by atoms with van der Waals surface area (Å²) < 4.78 is 24.4. The average Bonchev–Trinajstić information content (AvgIpc) is 3.00. The first-order chi connectivity index (χ1) is 11.9. The number of carbonyl (C=O) groups is 1. The fourth-order valence-corrected chi connectivity index (χ4v) is 5.85. The number of urea groups is 1. The van der Waals surface area contributed by atoms with E-state index in [1.165, 1.54) is 0 Å². The smallest absolute Gasteiger partial charge is 0.314 e. The van der Waals surface area contributed by atoms with Gasteiger partial charge in [-0.1, -0.05) is 41.9 Å². The van der Waals surface area contributed by atoms with Crippen LogP contribution in [0, 0.1) is 0 Å². The maximum absolute atomic E-state index is 13.0. The molecule has 2 fully saturated rings. The molecule has 2 heterocycles. The van der Waals surface area contributed by atoms with Crippen LogP contribution in [0.25, 0.3) is 0 Å². The van der Waals surface area contributed by atoms with Gasteiger partial charge in [-0.15, -0.1) is 0 Å². The molecule has 2 aromatic carbocycles. The summed E-state index contributed by atoms with van der Waals surface area (Å²) in [6.45, 7) is 0.347. The van der Waals surface area contributed by atoms with Crippen molar-refractivity contribution in [3.63, 3.8) is 0 Å². The lowest BCUT2D eigenvalue weighted by Gasteiger charge is -2.22. The van der Waals surface area contributed by atoms with Gasteiger partial charge in [0.15, 0.2) is 9.84 Å². The molecule has 4 rings (SSSR count). The van der Waals surface area contributed by atoms with Crippen molar-refractivity contribution in [2.75, 3.05) is 16.4 Å². The van der Waals surface area contributed by atoms with Crippen molar-refractivity contribution in [3.8, 4) is 0 Å². The van der Waals surface area contributed by atoms with E-state index in [4.69, 9.17) is 11.6 Å². The summed E-state index contributed by atoms with van der Waals surface area (Å²) in [7, 11) is -3.16. The van der Waals surface area contributed by atoms with Crippen LogP contribution in [0.3, 0.4) is 0 Å². The molecule has 0 spiro atoms. The highest BCUT2D eigenvalue weighted by molar-refractivity contribution is 7.91. The van der Waals surface area contributed by atoms with E-state index in [0.29, 0.717) is 11.6 Å². The zero-order valence-electron chi connectivity index (χ0n) is 13.4. The van der Waals surface area contributed by atoms with E-state index in [1.807, 2.05) is 42.5 Å². The summed E-state index contributed by atoms with van der Waals surface area (Å²) in [5, 5.41) is 0.597. The van der Waals surface area contributed by atoms with Crippen molar-refractivity contribution in [1.82, 2.24) is 4.90 Å². The number of rotatable bonds is 3. The molecule has 25 heavy (non-hydrogen) atoms. The number of amides is 2. The molecular formula is C18H17ClN2O3S. The molecule has 2 saturated heterocycles. The van der Waals surface area contributed by atoms with Crippen molar-refractivity contribution in [1.29, 1.82) is 0 Å². The molecule has 5 nitrogen and oxygen atoms in total. The van der Waals surface area contributed by atoms with Gasteiger partial charge in [-0.2, -0.15) is 0 Å². The molecule has 2 atom stereocenters. The van der Waals surface area contributed by atoms with Gasteiger partial charge in [-0.05, 0) is 29.8 Å². The molecule has 2 aliphatic heterocycles. The van der Waals surface area contributed by atoms with Crippen LogP contribution in [0.15, 0.2) is 54.6 Å². The van der Waals surface area contributed by atoms with Crippen molar-refractivity contribution >= 4 is 33.2 Å². The van der Waals surface area contributed by atoms with E-state index in [-0.39, 0.29) is 29.6 Å². The second-order valence-corrected chi connectivity index (χ2v) is 9.05. The number of carbonyl (C=O) groups excluding carboxylic acids is 1. The van der Waals surface area contributed by atoms with E-state index in [0.717, 1.165) is 11.3 Å². The highest BCUT2D eigenvalue weighted by Crippen LogP contribution is 2.35. The normalized spacial score (nSPS) is 24.6. The average molecular weight is 377 g/mol. The number of para-hydroxylation sites is 1. The zero-order chi connectivity index (χ0) is 17.6. The van der Waals surface area contributed by atoms with E-state index in [1.54, 1.807) is 21.9 Å².